The van der Waals surface area contributed by atoms with E-state index >= 15 is 0 Å². The van der Waals surface area contributed by atoms with E-state index in [-0.39, 0.29) is 0 Å². The maximum atomic E-state index is 5.73. The van der Waals surface area contributed by atoms with Crippen molar-refractivity contribution >= 4 is 23.2 Å². The summed E-state index contributed by atoms with van der Waals surface area (Å²) in [7, 11) is 0. The summed E-state index contributed by atoms with van der Waals surface area (Å²) in [5, 5.41) is 0. The highest BCUT2D eigenvalue weighted by molar-refractivity contribution is 6.56. The van der Waals surface area contributed by atoms with E-state index in [1.165, 1.54) is 11.1 Å². The minimum Gasteiger partial charge on any atom is -0.0951 e. The summed E-state index contributed by atoms with van der Waals surface area (Å²) in [6, 6.07) is 0. The quantitative estimate of drug-likeness (QED) is 0.513. The molecule has 0 spiro atoms. The van der Waals surface area contributed by atoms with Gasteiger partial charge in [-0.2, -0.15) is 0 Å². The summed E-state index contributed by atoms with van der Waals surface area (Å²) in [6.45, 7) is 8.17. The molecule has 0 aliphatic heterocycles. The first-order chi connectivity index (χ1) is 5.52. The molecule has 0 radical (unpaired) electrons. The van der Waals surface area contributed by atoms with Gasteiger partial charge in [-0.15, -0.1) is 0 Å². The molecule has 0 aromatic carbocycles. The Morgan fingerprint density at radius 2 is 1.67 bits per heavy atom. The molecule has 0 bridgehead atoms. The fourth-order valence-electron chi connectivity index (χ4n) is 1.32. The fraction of sp³-hybridized carbons (Fsp3) is 0.400. The molecule has 0 fully saturated rings. The van der Waals surface area contributed by atoms with Crippen molar-refractivity contribution in [2.45, 2.75) is 26.7 Å². The van der Waals surface area contributed by atoms with E-state index < -0.39 is 0 Å². The second-order valence-electron chi connectivity index (χ2n) is 3.26. The molecule has 1 rings (SSSR count). The average Bonchev–Trinajstić information content (AvgIpc) is 1.96. The molecule has 1 aliphatic carbocycles. The van der Waals surface area contributed by atoms with Crippen LogP contribution in [0.2, 0.25) is 0 Å². The zero-order valence-electron chi connectivity index (χ0n) is 7.38. The van der Waals surface area contributed by atoms with E-state index in [9.17, 15) is 0 Å². The summed E-state index contributed by atoms with van der Waals surface area (Å²) in [4.78, 5) is 0. The molecule has 12 heavy (non-hydrogen) atoms. The molecule has 0 amide bonds. The van der Waals surface area contributed by atoms with E-state index in [2.05, 4.69) is 20.4 Å². The van der Waals surface area contributed by atoms with Gasteiger partial charge in [0.15, 0.2) is 0 Å². The summed E-state index contributed by atoms with van der Waals surface area (Å²) in [5.74, 6) is 0. The Balaban J connectivity index is 3.03. The first-order valence-corrected chi connectivity index (χ1v) is 4.65. The zero-order valence-corrected chi connectivity index (χ0v) is 8.89. The standard InChI is InChI=1S/C10H12Cl2/c1-6-4-8(3)9(10(11)12)5-7(6)2/h3-5H2,1-2H3. The van der Waals surface area contributed by atoms with Crippen molar-refractivity contribution in [3.05, 3.63) is 33.4 Å². The zero-order chi connectivity index (χ0) is 9.30. The first-order valence-electron chi connectivity index (χ1n) is 3.90. The molecule has 0 unspecified atom stereocenters. The fourth-order valence-corrected chi connectivity index (χ4v) is 1.72. The topological polar surface area (TPSA) is 0 Å². The highest BCUT2D eigenvalue weighted by Gasteiger charge is 2.15. The van der Waals surface area contributed by atoms with Crippen molar-refractivity contribution in [3.8, 4) is 0 Å². The second kappa shape index (κ2) is 3.68. The van der Waals surface area contributed by atoms with Crippen LogP contribution in [0.5, 0.6) is 0 Å². The normalized spacial score (nSPS) is 18.7. The predicted octanol–water partition coefficient (Wildman–Crippen LogP) is 4.36. The van der Waals surface area contributed by atoms with Crippen LogP contribution in [0.3, 0.4) is 0 Å². The van der Waals surface area contributed by atoms with Gasteiger partial charge >= 0.3 is 0 Å². The summed E-state index contributed by atoms with van der Waals surface area (Å²) < 4.78 is 0.367. The van der Waals surface area contributed by atoms with E-state index in [4.69, 9.17) is 23.2 Å². The molecule has 0 heterocycles. The van der Waals surface area contributed by atoms with Gasteiger partial charge < -0.3 is 0 Å². The van der Waals surface area contributed by atoms with Gasteiger partial charge in [-0.05, 0) is 37.8 Å². The van der Waals surface area contributed by atoms with Gasteiger partial charge in [0, 0.05) is 0 Å². The molecule has 2 heteroatoms. The van der Waals surface area contributed by atoms with Crippen molar-refractivity contribution < 1.29 is 0 Å². The number of allylic oxidation sites excluding steroid dienone is 4. The highest BCUT2D eigenvalue weighted by Crippen LogP contribution is 2.35. The van der Waals surface area contributed by atoms with Gasteiger partial charge in [0.05, 0.1) is 0 Å². The number of hydrogen-bond donors (Lipinski definition) is 0. The Bertz CT molecular complexity index is 278. The van der Waals surface area contributed by atoms with E-state index in [0.29, 0.717) is 4.49 Å². The van der Waals surface area contributed by atoms with E-state index in [1.54, 1.807) is 0 Å². The predicted molar refractivity (Wildman–Crippen MR) is 55.5 cm³/mol. The lowest BCUT2D eigenvalue weighted by molar-refractivity contribution is 0.946. The Morgan fingerprint density at radius 1 is 1.17 bits per heavy atom. The molecular formula is C10H12Cl2. The highest BCUT2D eigenvalue weighted by atomic mass is 35.5. The van der Waals surface area contributed by atoms with Crippen LogP contribution < -0.4 is 0 Å². The molecule has 0 N–H and O–H groups in total. The van der Waals surface area contributed by atoms with E-state index in [1.807, 2.05) is 0 Å². The molecule has 66 valence electrons. The third-order valence-electron chi connectivity index (χ3n) is 2.30. The molecule has 0 aromatic heterocycles. The lowest BCUT2D eigenvalue weighted by Crippen LogP contribution is -2.01. The Morgan fingerprint density at radius 3 is 2.17 bits per heavy atom. The second-order valence-corrected chi connectivity index (χ2v) is 4.21. The SMILES string of the molecule is C=C1CC(C)=C(C)CC1=C(Cl)Cl. The van der Waals surface area contributed by atoms with Crippen molar-refractivity contribution in [2.75, 3.05) is 0 Å². The largest absolute Gasteiger partial charge is 0.110 e. The minimum atomic E-state index is 0.367. The van der Waals surface area contributed by atoms with Crippen LogP contribution >= 0.6 is 23.2 Å². The third-order valence-corrected chi connectivity index (χ3v) is 2.76. The maximum absolute atomic E-state index is 5.73. The third kappa shape index (κ3) is 1.94. The Labute approximate surface area is 83.6 Å². The first kappa shape index (κ1) is 9.88. The lowest BCUT2D eigenvalue weighted by atomic mass is 9.87. The van der Waals surface area contributed by atoms with Crippen molar-refractivity contribution in [3.63, 3.8) is 0 Å². The molecule has 0 atom stereocenters. The van der Waals surface area contributed by atoms with E-state index in [0.717, 1.165) is 24.0 Å². The summed E-state index contributed by atoms with van der Waals surface area (Å²) in [6.07, 6.45) is 1.76. The van der Waals surface area contributed by atoms with Gasteiger partial charge in [-0.3, -0.25) is 0 Å². The van der Waals surface area contributed by atoms with Crippen molar-refractivity contribution in [1.82, 2.24) is 0 Å². The van der Waals surface area contributed by atoms with Crippen LogP contribution in [0.25, 0.3) is 0 Å². The van der Waals surface area contributed by atoms with Crippen LogP contribution in [0.15, 0.2) is 33.4 Å². The van der Waals surface area contributed by atoms with Gasteiger partial charge in [-0.1, -0.05) is 40.9 Å². The number of rotatable bonds is 0. The van der Waals surface area contributed by atoms with Crippen LogP contribution in [-0.2, 0) is 0 Å². The smallest absolute Gasteiger partial charge is 0.0951 e. The Kier molecular flexibility index (Phi) is 3.03. The summed E-state index contributed by atoms with van der Waals surface area (Å²) in [5.41, 5.74) is 4.80. The van der Waals surface area contributed by atoms with Crippen molar-refractivity contribution in [2.24, 2.45) is 0 Å². The van der Waals surface area contributed by atoms with Gasteiger partial charge in [0.2, 0.25) is 0 Å². The van der Waals surface area contributed by atoms with Crippen LogP contribution in [0.4, 0.5) is 0 Å². The lowest BCUT2D eigenvalue weighted by Gasteiger charge is -2.20. The number of hydrogen-bond acceptors (Lipinski definition) is 0. The van der Waals surface area contributed by atoms with Crippen LogP contribution in [0.1, 0.15) is 26.7 Å². The molecule has 0 saturated heterocycles. The molecular weight excluding hydrogens is 191 g/mol. The van der Waals surface area contributed by atoms with Crippen LogP contribution in [0, 0.1) is 0 Å². The molecule has 0 nitrogen and oxygen atoms in total. The molecule has 0 aromatic rings. The minimum absolute atomic E-state index is 0.367. The van der Waals surface area contributed by atoms with Gasteiger partial charge in [-0.25, -0.2) is 0 Å². The molecule has 0 saturated carbocycles. The van der Waals surface area contributed by atoms with Gasteiger partial charge in [0.1, 0.15) is 4.49 Å². The van der Waals surface area contributed by atoms with Crippen molar-refractivity contribution in [1.29, 1.82) is 0 Å². The number of halogens is 2. The van der Waals surface area contributed by atoms with Crippen LogP contribution in [-0.4, -0.2) is 0 Å². The van der Waals surface area contributed by atoms with Gasteiger partial charge in [0.25, 0.3) is 0 Å². The average molecular weight is 203 g/mol. The summed E-state index contributed by atoms with van der Waals surface area (Å²) >= 11 is 11.5. The maximum Gasteiger partial charge on any atom is 0.110 e. The monoisotopic (exact) mass is 202 g/mol. The molecule has 1 aliphatic rings. The Hall–Kier alpha value is -0.200.